The normalized spacial score (nSPS) is 19.5. The predicted octanol–water partition coefficient (Wildman–Crippen LogP) is 4.06. The van der Waals surface area contributed by atoms with Gasteiger partial charge in [0.1, 0.15) is 0 Å². The van der Waals surface area contributed by atoms with E-state index in [0.29, 0.717) is 12.8 Å². The molecule has 3 atom stereocenters. The second kappa shape index (κ2) is 10.9. The first kappa shape index (κ1) is 22.8. The monoisotopic (exact) mass is 422 g/mol. The highest BCUT2D eigenvalue weighted by molar-refractivity contribution is 5.79. The molecule has 1 aromatic carbocycles. The number of urea groups is 1. The summed E-state index contributed by atoms with van der Waals surface area (Å²) in [5.41, 5.74) is 3.18. The summed E-state index contributed by atoms with van der Waals surface area (Å²) in [5.74, 6) is 0.0493. The van der Waals surface area contributed by atoms with E-state index in [1.54, 1.807) is 6.20 Å². The number of hydrogen-bond donors (Lipinski definition) is 3. The van der Waals surface area contributed by atoms with Crippen molar-refractivity contribution in [2.45, 2.75) is 71.0 Å². The van der Waals surface area contributed by atoms with E-state index in [2.05, 4.69) is 52.1 Å². The van der Waals surface area contributed by atoms with E-state index in [0.717, 1.165) is 30.5 Å². The summed E-state index contributed by atoms with van der Waals surface area (Å²) < 4.78 is 0. The van der Waals surface area contributed by atoms with Crippen molar-refractivity contribution in [3.63, 3.8) is 0 Å². The molecule has 1 saturated carbocycles. The van der Waals surface area contributed by atoms with Gasteiger partial charge < -0.3 is 16.0 Å². The third-order valence-corrected chi connectivity index (χ3v) is 5.72. The fourth-order valence-corrected chi connectivity index (χ4v) is 4.12. The van der Waals surface area contributed by atoms with Crippen LogP contribution in [0.15, 0.2) is 48.7 Å². The summed E-state index contributed by atoms with van der Waals surface area (Å²) in [4.78, 5) is 29.7. The minimum atomic E-state index is -0.229. The fourth-order valence-electron chi connectivity index (χ4n) is 4.12. The van der Waals surface area contributed by atoms with Gasteiger partial charge in [0.25, 0.3) is 0 Å². The first-order chi connectivity index (χ1) is 14.9. The Kier molecular flexibility index (Phi) is 8.04. The molecule has 0 aliphatic heterocycles. The highest BCUT2D eigenvalue weighted by Crippen LogP contribution is 2.25. The minimum Gasteiger partial charge on any atom is -0.354 e. The molecule has 0 radical (unpaired) electrons. The van der Waals surface area contributed by atoms with Crippen LogP contribution >= 0.6 is 0 Å². The van der Waals surface area contributed by atoms with Gasteiger partial charge in [-0.05, 0) is 64.2 Å². The van der Waals surface area contributed by atoms with Crippen LogP contribution in [-0.4, -0.2) is 29.0 Å². The molecule has 3 N–H and O–H groups in total. The molecule has 6 nitrogen and oxygen atoms in total. The molecule has 0 saturated heterocycles. The molecule has 2 aromatic rings. The van der Waals surface area contributed by atoms with Crippen molar-refractivity contribution < 1.29 is 9.59 Å². The van der Waals surface area contributed by atoms with Gasteiger partial charge in [-0.1, -0.05) is 42.3 Å². The van der Waals surface area contributed by atoms with Gasteiger partial charge in [-0.2, -0.15) is 0 Å². The van der Waals surface area contributed by atoms with E-state index in [1.807, 2.05) is 32.0 Å². The molecule has 31 heavy (non-hydrogen) atoms. The second-order valence-electron chi connectivity index (χ2n) is 8.84. The maximum absolute atomic E-state index is 12.8. The Morgan fingerprint density at radius 1 is 1.06 bits per heavy atom. The van der Waals surface area contributed by atoms with Crippen LogP contribution in [-0.2, 0) is 11.2 Å². The predicted molar refractivity (Wildman–Crippen MR) is 123 cm³/mol. The molecule has 166 valence electrons. The summed E-state index contributed by atoms with van der Waals surface area (Å²) in [6, 6.07) is 13.8. The summed E-state index contributed by atoms with van der Waals surface area (Å²) in [6.07, 6.45) is 5.80. The third kappa shape index (κ3) is 7.09. The summed E-state index contributed by atoms with van der Waals surface area (Å²) >= 11 is 0. The quantitative estimate of drug-likeness (QED) is 0.629. The lowest BCUT2D eigenvalue weighted by Gasteiger charge is -2.30. The zero-order chi connectivity index (χ0) is 22.2. The van der Waals surface area contributed by atoms with Gasteiger partial charge in [-0.25, -0.2) is 4.79 Å². The molecule has 0 bridgehead atoms. The number of carbonyl (C=O) groups excluding carboxylic acids is 2. The van der Waals surface area contributed by atoms with E-state index in [4.69, 9.17) is 0 Å². The molecular weight excluding hydrogens is 388 g/mol. The SMILES string of the molecule is Cc1ccc(CC(NC(=O)NC2CCCC(C(=O)NC(C)C)C2)c2ccccn2)cc1. The number of nitrogens with zero attached hydrogens (tertiary/aromatic N) is 1. The Balaban J connectivity index is 1.62. The first-order valence-corrected chi connectivity index (χ1v) is 11.2. The number of rotatable bonds is 7. The molecule has 6 heteroatoms. The highest BCUT2D eigenvalue weighted by atomic mass is 16.2. The van der Waals surface area contributed by atoms with E-state index >= 15 is 0 Å². The smallest absolute Gasteiger partial charge is 0.315 e. The van der Waals surface area contributed by atoms with Crippen LogP contribution in [0.1, 0.15) is 62.4 Å². The number of aryl methyl sites for hydroxylation is 1. The molecule has 1 aliphatic rings. The van der Waals surface area contributed by atoms with Crippen LogP contribution in [0.5, 0.6) is 0 Å². The van der Waals surface area contributed by atoms with Gasteiger partial charge in [0.15, 0.2) is 0 Å². The number of amides is 3. The lowest BCUT2D eigenvalue weighted by Crippen LogP contribution is -2.47. The Morgan fingerprint density at radius 2 is 1.84 bits per heavy atom. The van der Waals surface area contributed by atoms with Gasteiger partial charge >= 0.3 is 6.03 Å². The molecule has 1 aliphatic carbocycles. The van der Waals surface area contributed by atoms with Gasteiger partial charge in [0.2, 0.25) is 5.91 Å². The Morgan fingerprint density at radius 3 is 2.52 bits per heavy atom. The average Bonchev–Trinajstić information content (AvgIpc) is 2.75. The van der Waals surface area contributed by atoms with Gasteiger partial charge in [0, 0.05) is 24.2 Å². The summed E-state index contributed by atoms with van der Waals surface area (Å²) in [7, 11) is 0. The third-order valence-electron chi connectivity index (χ3n) is 5.72. The van der Waals surface area contributed by atoms with Crippen LogP contribution in [0.4, 0.5) is 4.79 Å². The summed E-state index contributed by atoms with van der Waals surface area (Å²) in [6.45, 7) is 6.00. The summed E-state index contributed by atoms with van der Waals surface area (Å²) in [5, 5.41) is 9.20. The Bertz CT molecular complexity index is 852. The second-order valence-corrected chi connectivity index (χ2v) is 8.84. The van der Waals surface area contributed by atoms with Crippen molar-refractivity contribution in [1.29, 1.82) is 0 Å². The lowest BCUT2D eigenvalue weighted by atomic mass is 9.85. The maximum Gasteiger partial charge on any atom is 0.315 e. The first-order valence-electron chi connectivity index (χ1n) is 11.2. The zero-order valence-electron chi connectivity index (χ0n) is 18.7. The maximum atomic E-state index is 12.8. The molecule has 1 aromatic heterocycles. The Labute approximate surface area is 185 Å². The van der Waals surface area contributed by atoms with Crippen LogP contribution in [0.2, 0.25) is 0 Å². The van der Waals surface area contributed by atoms with E-state index in [-0.39, 0.29) is 36.0 Å². The number of aromatic nitrogens is 1. The minimum absolute atomic E-state index is 0.000389. The number of nitrogens with one attached hydrogen (secondary N) is 3. The van der Waals surface area contributed by atoms with Crippen molar-refractivity contribution in [1.82, 2.24) is 20.9 Å². The van der Waals surface area contributed by atoms with Crippen molar-refractivity contribution >= 4 is 11.9 Å². The van der Waals surface area contributed by atoms with Crippen molar-refractivity contribution in [2.24, 2.45) is 5.92 Å². The lowest BCUT2D eigenvalue weighted by molar-refractivity contribution is -0.126. The molecule has 1 fully saturated rings. The topological polar surface area (TPSA) is 83.1 Å². The standard InChI is InChI=1S/C25H34N4O2/c1-17(2)27-24(30)20-7-6-8-21(16-20)28-25(31)29-23(22-9-4-5-14-26-22)15-19-12-10-18(3)11-13-19/h4-5,9-14,17,20-21,23H,6-8,15-16H2,1-3H3,(H,27,30)(H2,28,29,31). The zero-order valence-corrected chi connectivity index (χ0v) is 18.7. The van der Waals surface area contributed by atoms with Gasteiger partial charge in [-0.3, -0.25) is 9.78 Å². The Hall–Kier alpha value is -2.89. The largest absolute Gasteiger partial charge is 0.354 e. The number of benzene rings is 1. The van der Waals surface area contributed by atoms with Crippen molar-refractivity contribution in [3.8, 4) is 0 Å². The van der Waals surface area contributed by atoms with Crippen molar-refractivity contribution in [3.05, 3.63) is 65.5 Å². The molecule has 3 unspecified atom stereocenters. The molecular formula is C25H34N4O2. The molecule has 0 spiro atoms. The molecule has 3 rings (SSSR count). The number of hydrogen-bond acceptors (Lipinski definition) is 3. The van der Waals surface area contributed by atoms with Crippen molar-refractivity contribution in [2.75, 3.05) is 0 Å². The van der Waals surface area contributed by atoms with Crippen LogP contribution in [0.3, 0.4) is 0 Å². The highest BCUT2D eigenvalue weighted by Gasteiger charge is 2.29. The fraction of sp³-hybridized carbons (Fsp3) is 0.480. The number of carbonyl (C=O) groups is 2. The van der Waals surface area contributed by atoms with Crippen LogP contribution < -0.4 is 16.0 Å². The van der Waals surface area contributed by atoms with Gasteiger partial charge in [-0.15, -0.1) is 0 Å². The van der Waals surface area contributed by atoms with E-state index < -0.39 is 0 Å². The molecule has 1 heterocycles. The molecule has 3 amide bonds. The van der Waals surface area contributed by atoms with Crippen LogP contribution in [0, 0.1) is 12.8 Å². The van der Waals surface area contributed by atoms with E-state index in [9.17, 15) is 9.59 Å². The van der Waals surface area contributed by atoms with E-state index in [1.165, 1.54) is 5.56 Å². The number of pyridine rings is 1. The van der Waals surface area contributed by atoms with Gasteiger partial charge in [0.05, 0.1) is 11.7 Å². The van der Waals surface area contributed by atoms with Crippen LogP contribution in [0.25, 0.3) is 0 Å². The average molecular weight is 423 g/mol.